The largest absolute Gasteiger partial charge is 0.399 e. The molecule has 1 aromatic carbocycles. The quantitative estimate of drug-likeness (QED) is 0.713. The molecule has 0 spiro atoms. The smallest absolute Gasteiger partial charge is 0.0367 e. The van der Waals surface area contributed by atoms with Gasteiger partial charge < -0.3 is 10.6 Å². The van der Waals surface area contributed by atoms with E-state index in [2.05, 4.69) is 30.9 Å². The lowest BCUT2D eigenvalue weighted by molar-refractivity contribution is 0.357. The summed E-state index contributed by atoms with van der Waals surface area (Å²) in [5.74, 6) is 1.60. The van der Waals surface area contributed by atoms with Crippen LogP contribution < -0.4 is 10.6 Å². The second-order valence-electron chi connectivity index (χ2n) is 4.94. The molecule has 2 N–H and O–H groups in total. The van der Waals surface area contributed by atoms with Gasteiger partial charge in [0.05, 0.1) is 0 Å². The molecule has 0 radical (unpaired) electrons. The molecule has 1 aliphatic rings. The number of piperidine rings is 1. The van der Waals surface area contributed by atoms with Crippen LogP contribution in [0.5, 0.6) is 0 Å². The van der Waals surface area contributed by atoms with Crippen LogP contribution in [0.2, 0.25) is 0 Å². The van der Waals surface area contributed by atoms with Crippen LogP contribution in [-0.2, 0) is 0 Å². The second kappa shape index (κ2) is 4.13. The Hall–Kier alpha value is -1.18. The highest BCUT2D eigenvalue weighted by Gasteiger charge is 2.21. The molecule has 2 heteroatoms. The van der Waals surface area contributed by atoms with E-state index in [-0.39, 0.29) is 0 Å². The zero-order valence-electron chi connectivity index (χ0n) is 9.61. The predicted molar refractivity (Wildman–Crippen MR) is 66.0 cm³/mol. The Morgan fingerprint density at radius 3 is 2.13 bits per heavy atom. The van der Waals surface area contributed by atoms with Crippen LogP contribution in [0.15, 0.2) is 24.3 Å². The van der Waals surface area contributed by atoms with Gasteiger partial charge in [0.1, 0.15) is 0 Å². The van der Waals surface area contributed by atoms with Crippen molar-refractivity contribution in [3.63, 3.8) is 0 Å². The van der Waals surface area contributed by atoms with Crippen molar-refractivity contribution in [1.29, 1.82) is 0 Å². The van der Waals surface area contributed by atoms with Gasteiger partial charge in [-0.2, -0.15) is 0 Å². The highest BCUT2D eigenvalue weighted by atomic mass is 15.1. The van der Waals surface area contributed by atoms with E-state index in [1.807, 2.05) is 12.1 Å². The summed E-state index contributed by atoms with van der Waals surface area (Å²) in [6.45, 7) is 7.02. The van der Waals surface area contributed by atoms with Crippen molar-refractivity contribution < 1.29 is 0 Å². The van der Waals surface area contributed by atoms with Gasteiger partial charge in [0.15, 0.2) is 0 Å². The van der Waals surface area contributed by atoms with E-state index in [9.17, 15) is 0 Å². The monoisotopic (exact) mass is 204 g/mol. The van der Waals surface area contributed by atoms with Crippen LogP contribution in [-0.4, -0.2) is 13.1 Å². The van der Waals surface area contributed by atoms with Crippen LogP contribution >= 0.6 is 0 Å². The number of anilines is 2. The van der Waals surface area contributed by atoms with Crippen molar-refractivity contribution in [2.75, 3.05) is 23.7 Å². The molecule has 0 aromatic heterocycles. The van der Waals surface area contributed by atoms with E-state index < -0.39 is 0 Å². The van der Waals surface area contributed by atoms with E-state index in [0.29, 0.717) is 0 Å². The number of hydrogen-bond acceptors (Lipinski definition) is 2. The topological polar surface area (TPSA) is 29.3 Å². The molecule has 0 aliphatic carbocycles. The summed E-state index contributed by atoms with van der Waals surface area (Å²) in [6, 6.07) is 8.22. The fourth-order valence-electron chi connectivity index (χ4n) is 2.56. The maximum absolute atomic E-state index is 5.69. The molecule has 0 saturated carbocycles. The van der Waals surface area contributed by atoms with E-state index >= 15 is 0 Å². The average Bonchev–Trinajstić information content (AvgIpc) is 2.17. The minimum Gasteiger partial charge on any atom is -0.399 e. The summed E-state index contributed by atoms with van der Waals surface area (Å²) in [4.78, 5) is 2.47. The van der Waals surface area contributed by atoms with E-state index in [0.717, 1.165) is 17.5 Å². The summed E-state index contributed by atoms with van der Waals surface area (Å²) in [7, 11) is 0. The van der Waals surface area contributed by atoms with Crippen LogP contribution in [0, 0.1) is 11.8 Å². The lowest BCUT2D eigenvalue weighted by atomic mass is 9.91. The number of hydrogen-bond donors (Lipinski definition) is 1. The normalized spacial score (nSPS) is 26.7. The molecule has 0 amide bonds. The molecule has 2 rings (SSSR count). The lowest BCUT2D eigenvalue weighted by Crippen LogP contribution is -2.38. The Balaban J connectivity index is 2.12. The first-order valence-corrected chi connectivity index (χ1v) is 5.75. The van der Waals surface area contributed by atoms with Crippen LogP contribution in [0.4, 0.5) is 11.4 Å². The molecule has 1 fully saturated rings. The van der Waals surface area contributed by atoms with Gasteiger partial charge in [0, 0.05) is 24.5 Å². The van der Waals surface area contributed by atoms with E-state index in [1.54, 1.807) is 0 Å². The van der Waals surface area contributed by atoms with Gasteiger partial charge in [-0.1, -0.05) is 13.8 Å². The summed E-state index contributed by atoms with van der Waals surface area (Å²) >= 11 is 0. The van der Waals surface area contributed by atoms with Crippen LogP contribution in [0.25, 0.3) is 0 Å². The van der Waals surface area contributed by atoms with Gasteiger partial charge >= 0.3 is 0 Å². The summed E-state index contributed by atoms with van der Waals surface area (Å²) in [5, 5.41) is 0. The third-order valence-corrected chi connectivity index (χ3v) is 3.13. The van der Waals surface area contributed by atoms with Crippen molar-refractivity contribution in [1.82, 2.24) is 0 Å². The fraction of sp³-hybridized carbons (Fsp3) is 0.538. The molecule has 2 nitrogen and oxygen atoms in total. The lowest BCUT2D eigenvalue weighted by Gasteiger charge is -2.36. The van der Waals surface area contributed by atoms with Gasteiger partial charge in [-0.25, -0.2) is 0 Å². The molecule has 15 heavy (non-hydrogen) atoms. The Labute approximate surface area is 92.1 Å². The van der Waals surface area contributed by atoms with Gasteiger partial charge in [0.2, 0.25) is 0 Å². The molecule has 1 heterocycles. The molecule has 1 aliphatic heterocycles. The number of benzene rings is 1. The van der Waals surface area contributed by atoms with Crippen LogP contribution in [0.1, 0.15) is 20.3 Å². The van der Waals surface area contributed by atoms with E-state index in [1.165, 1.54) is 25.2 Å². The minimum atomic E-state index is 0.798. The molecular formula is C13H20N2. The average molecular weight is 204 g/mol. The zero-order chi connectivity index (χ0) is 10.8. The zero-order valence-corrected chi connectivity index (χ0v) is 9.61. The highest BCUT2D eigenvalue weighted by molar-refractivity contribution is 5.53. The maximum Gasteiger partial charge on any atom is 0.0367 e. The first kappa shape index (κ1) is 10.3. The SMILES string of the molecule is C[C@H]1C[C@H](C)CN(c2ccc(N)cc2)C1. The first-order chi connectivity index (χ1) is 7.15. The standard InChI is InChI=1S/C13H20N2/c1-10-7-11(2)9-15(8-10)13-5-3-12(14)4-6-13/h3-6,10-11H,7-9,14H2,1-2H3/t10-,11-/m0/s1. The fourth-order valence-corrected chi connectivity index (χ4v) is 2.56. The van der Waals surface area contributed by atoms with Crippen molar-refractivity contribution in [3.05, 3.63) is 24.3 Å². The first-order valence-electron chi connectivity index (χ1n) is 5.75. The third-order valence-electron chi connectivity index (χ3n) is 3.13. The molecule has 2 atom stereocenters. The second-order valence-corrected chi connectivity index (χ2v) is 4.94. The maximum atomic E-state index is 5.69. The molecule has 0 bridgehead atoms. The van der Waals surface area contributed by atoms with Gasteiger partial charge in [-0.05, 0) is 42.5 Å². The number of nitrogens with two attached hydrogens (primary N) is 1. The predicted octanol–water partition coefficient (Wildman–Crippen LogP) is 2.75. The number of nitrogen functional groups attached to an aromatic ring is 1. The minimum absolute atomic E-state index is 0.798. The molecule has 0 unspecified atom stereocenters. The van der Waals surface area contributed by atoms with Crippen molar-refractivity contribution >= 4 is 11.4 Å². The van der Waals surface area contributed by atoms with E-state index in [4.69, 9.17) is 5.73 Å². The summed E-state index contributed by atoms with van der Waals surface area (Å²) < 4.78 is 0. The molecule has 1 aromatic rings. The van der Waals surface area contributed by atoms with Crippen LogP contribution in [0.3, 0.4) is 0 Å². The Kier molecular flexibility index (Phi) is 2.85. The summed E-state index contributed by atoms with van der Waals surface area (Å²) in [5.41, 5.74) is 7.84. The highest BCUT2D eigenvalue weighted by Crippen LogP contribution is 2.26. The van der Waals surface area contributed by atoms with Crippen molar-refractivity contribution in [2.45, 2.75) is 20.3 Å². The molecule has 82 valence electrons. The molecule has 1 saturated heterocycles. The number of nitrogens with zero attached hydrogens (tertiary/aromatic N) is 1. The van der Waals surface area contributed by atoms with Gasteiger partial charge in [0.25, 0.3) is 0 Å². The Morgan fingerprint density at radius 1 is 1.07 bits per heavy atom. The van der Waals surface area contributed by atoms with Crippen molar-refractivity contribution in [2.24, 2.45) is 11.8 Å². The number of rotatable bonds is 1. The van der Waals surface area contributed by atoms with Gasteiger partial charge in [-0.3, -0.25) is 0 Å². The Morgan fingerprint density at radius 2 is 1.60 bits per heavy atom. The third kappa shape index (κ3) is 2.44. The van der Waals surface area contributed by atoms with Gasteiger partial charge in [-0.15, -0.1) is 0 Å². The molecular weight excluding hydrogens is 184 g/mol. The Bertz CT molecular complexity index is 308. The van der Waals surface area contributed by atoms with Crippen molar-refractivity contribution in [3.8, 4) is 0 Å². The summed E-state index contributed by atoms with van der Waals surface area (Å²) in [6.07, 6.45) is 1.35.